The van der Waals surface area contributed by atoms with Gasteiger partial charge in [-0.3, -0.25) is 9.59 Å². The first-order valence-electron chi connectivity index (χ1n) is 5.57. The van der Waals surface area contributed by atoms with Crippen molar-refractivity contribution >= 4 is 11.9 Å². The Kier molecular flexibility index (Phi) is 4.71. The third kappa shape index (κ3) is 3.76. The molecule has 0 saturated heterocycles. The zero-order valence-electron chi connectivity index (χ0n) is 10.9. The SMILES string of the molecule is COc1ccc(C(C)NC(C)=O)cc1OC(C)=O. The summed E-state index contributed by atoms with van der Waals surface area (Å²) < 4.78 is 10.2. The molecule has 0 aliphatic rings. The van der Waals surface area contributed by atoms with Crippen molar-refractivity contribution < 1.29 is 19.1 Å². The van der Waals surface area contributed by atoms with Gasteiger partial charge in [-0.1, -0.05) is 6.07 Å². The Morgan fingerprint density at radius 3 is 2.39 bits per heavy atom. The van der Waals surface area contributed by atoms with Crippen LogP contribution in [0.1, 0.15) is 32.4 Å². The number of esters is 1. The zero-order valence-corrected chi connectivity index (χ0v) is 10.9. The average Bonchev–Trinajstić information content (AvgIpc) is 2.27. The van der Waals surface area contributed by atoms with Crippen molar-refractivity contribution in [3.63, 3.8) is 0 Å². The van der Waals surface area contributed by atoms with Crippen molar-refractivity contribution in [3.8, 4) is 11.5 Å². The van der Waals surface area contributed by atoms with Crippen molar-refractivity contribution in [1.82, 2.24) is 5.32 Å². The van der Waals surface area contributed by atoms with Gasteiger partial charge in [-0.25, -0.2) is 0 Å². The zero-order chi connectivity index (χ0) is 13.7. The third-order valence-corrected chi connectivity index (χ3v) is 2.36. The van der Waals surface area contributed by atoms with E-state index in [4.69, 9.17) is 9.47 Å². The van der Waals surface area contributed by atoms with Crippen LogP contribution in [-0.2, 0) is 9.59 Å². The molecular weight excluding hydrogens is 234 g/mol. The van der Waals surface area contributed by atoms with Crippen LogP contribution in [0, 0.1) is 0 Å². The number of amides is 1. The van der Waals surface area contributed by atoms with E-state index < -0.39 is 5.97 Å². The van der Waals surface area contributed by atoms with E-state index in [1.807, 2.05) is 13.0 Å². The van der Waals surface area contributed by atoms with Gasteiger partial charge in [0.05, 0.1) is 13.2 Å². The topological polar surface area (TPSA) is 64.6 Å². The average molecular weight is 251 g/mol. The van der Waals surface area contributed by atoms with Gasteiger partial charge in [0.1, 0.15) is 0 Å². The Labute approximate surface area is 106 Å². The molecule has 1 amide bonds. The van der Waals surface area contributed by atoms with Crippen molar-refractivity contribution in [1.29, 1.82) is 0 Å². The highest BCUT2D eigenvalue weighted by Crippen LogP contribution is 2.30. The number of methoxy groups -OCH3 is 1. The Morgan fingerprint density at radius 2 is 1.89 bits per heavy atom. The lowest BCUT2D eigenvalue weighted by Crippen LogP contribution is -2.23. The summed E-state index contributed by atoms with van der Waals surface area (Å²) in [7, 11) is 1.50. The van der Waals surface area contributed by atoms with E-state index in [0.29, 0.717) is 11.5 Å². The maximum Gasteiger partial charge on any atom is 0.308 e. The highest BCUT2D eigenvalue weighted by Gasteiger charge is 2.12. The Hall–Kier alpha value is -2.04. The number of rotatable bonds is 4. The summed E-state index contributed by atoms with van der Waals surface area (Å²) in [6.45, 7) is 4.62. The first-order valence-corrected chi connectivity index (χ1v) is 5.57. The van der Waals surface area contributed by atoms with Gasteiger partial charge in [-0.05, 0) is 24.6 Å². The van der Waals surface area contributed by atoms with Crippen LogP contribution >= 0.6 is 0 Å². The number of benzene rings is 1. The van der Waals surface area contributed by atoms with Crippen LogP contribution in [0.15, 0.2) is 18.2 Å². The minimum atomic E-state index is -0.419. The van der Waals surface area contributed by atoms with Gasteiger partial charge in [0.2, 0.25) is 5.91 Å². The number of hydrogen-bond acceptors (Lipinski definition) is 4. The molecule has 0 aromatic heterocycles. The molecule has 0 radical (unpaired) electrons. The van der Waals surface area contributed by atoms with Crippen LogP contribution in [0.4, 0.5) is 0 Å². The van der Waals surface area contributed by atoms with Crippen LogP contribution in [0.2, 0.25) is 0 Å². The van der Waals surface area contributed by atoms with E-state index in [-0.39, 0.29) is 11.9 Å². The van der Waals surface area contributed by atoms with Gasteiger partial charge in [-0.2, -0.15) is 0 Å². The molecule has 1 aromatic carbocycles. The lowest BCUT2D eigenvalue weighted by atomic mass is 10.1. The molecule has 0 heterocycles. The largest absolute Gasteiger partial charge is 0.493 e. The lowest BCUT2D eigenvalue weighted by Gasteiger charge is -2.15. The van der Waals surface area contributed by atoms with E-state index in [9.17, 15) is 9.59 Å². The van der Waals surface area contributed by atoms with Crippen molar-refractivity contribution in [2.45, 2.75) is 26.8 Å². The van der Waals surface area contributed by atoms with Crippen LogP contribution in [-0.4, -0.2) is 19.0 Å². The summed E-state index contributed by atoms with van der Waals surface area (Å²) in [5, 5.41) is 2.76. The van der Waals surface area contributed by atoms with Gasteiger partial charge in [0.25, 0.3) is 0 Å². The van der Waals surface area contributed by atoms with E-state index in [2.05, 4.69) is 5.32 Å². The molecule has 0 fully saturated rings. The van der Waals surface area contributed by atoms with Crippen molar-refractivity contribution in [2.24, 2.45) is 0 Å². The number of carbonyl (C=O) groups excluding carboxylic acids is 2. The maximum atomic E-state index is 11.0. The molecule has 0 aliphatic carbocycles. The van der Waals surface area contributed by atoms with E-state index in [1.54, 1.807) is 12.1 Å². The number of nitrogens with one attached hydrogen (secondary N) is 1. The van der Waals surface area contributed by atoms with Gasteiger partial charge < -0.3 is 14.8 Å². The monoisotopic (exact) mass is 251 g/mol. The molecule has 0 aliphatic heterocycles. The predicted molar refractivity (Wildman–Crippen MR) is 66.5 cm³/mol. The summed E-state index contributed by atoms with van der Waals surface area (Å²) in [6.07, 6.45) is 0. The molecule has 18 heavy (non-hydrogen) atoms. The number of carbonyl (C=O) groups is 2. The molecule has 5 nitrogen and oxygen atoms in total. The predicted octanol–water partition coefficient (Wildman–Crippen LogP) is 1.82. The molecular formula is C13H17NO4. The van der Waals surface area contributed by atoms with E-state index in [1.165, 1.54) is 21.0 Å². The quantitative estimate of drug-likeness (QED) is 0.655. The van der Waals surface area contributed by atoms with Crippen molar-refractivity contribution in [3.05, 3.63) is 23.8 Å². The van der Waals surface area contributed by atoms with Gasteiger partial charge >= 0.3 is 5.97 Å². The second kappa shape index (κ2) is 6.05. The summed E-state index contributed by atoms with van der Waals surface area (Å²) in [4.78, 5) is 22.0. The summed E-state index contributed by atoms with van der Waals surface area (Å²) >= 11 is 0. The smallest absolute Gasteiger partial charge is 0.308 e. The first kappa shape index (κ1) is 14.0. The fraction of sp³-hybridized carbons (Fsp3) is 0.385. The van der Waals surface area contributed by atoms with E-state index >= 15 is 0 Å². The molecule has 1 N–H and O–H groups in total. The second-order valence-corrected chi connectivity index (χ2v) is 3.93. The Balaban J connectivity index is 3.01. The minimum absolute atomic E-state index is 0.118. The van der Waals surface area contributed by atoms with Gasteiger partial charge in [0.15, 0.2) is 11.5 Å². The summed E-state index contributed by atoms with van der Waals surface area (Å²) in [5.41, 5.74) is 0.835. The van der Waals surface area contributed by atoms with Gasteiger partial charge in [0, 0.05) is 13.8 Å². The first-order chi connectivity index (χ1) is 8.43. The van der Waals surface area contributed by atoms with Gasteiger partial charge in [-0.15, -0.1) is 0 Å². The third-order valence-electron chi connectivity index (χ3n) is 2.36. The molecule has 5 heteroatoms. The number of hydrogen-bond donors (Lipinski definition) is 1. The molecule has 1 aromatic rings. The summed E-state index contributed by atoms with van der Waals surface area (Å²) in [5.74, 6) is 0.286. The Bertz CT molecular complexity index is 456. The maximum absolute atomic E-state index is 11.0. The van der Waals surface area contributed by atoms with Crippen LogP contribution in [0.5, 0.6) is 11.5 Å². The Morgan fingerprint density at radius 1 is 1.22 bits per heavy atom. The molecule has 0 bridgehead atoms. The fourth-order valence-electron chi connectivity index (χ4n) is 1.59. The van der Waals surface area contributed by atoms with Crippen molar-refractivity contribution in [2.75, 3.05) is 7.11 Å². The summed E-state index contributed by atoms with van der Waals surface area (Å²) in [6, 6.07) is 5.03. The molecule has 1 rings (SSSR count). The fourth-order valence-corrected chi connectivity index (χ4v) is 1.59. The molecule has 1 atom stereocenters. The van der Waals surface area contributed by atoms with Crippen LogP contribution in [0.25, 0.3) is 0 Å². The molecule has 98 valence electrons. The van der Waals surface area contributed by atoms with E-state index in [0.717, 1.165) is 5.56 Å². The van der Waals surface area contributed by atoms with Crippen LogP contribution in [0.3, 0.4) is 0 Å². The standard InChI is InChI=1S/C13H17NO4/c1-8(14-9(2)15)11-5-6-12(17-4)13(7-11)18-10(3)16/h5-8H,1-4H3,(H,14,15). The minimum Gasteiger partial charge on any atom is -0.493 e. The lowest BCUT2D eigenvalue weighted by molar-refractivity contribution is -0.132. The second-order valence-electron chi connectivity index (χ2n) is 3.93. The number of ether oxygens (including phenoxy) is 2. The molecule has 0 spiro atoms. The highest BCUT2D eigenvalue weighted by atomic mass is 16.6. The molecule has 0 saturated carbocycles. The molecule has 1 unspecified atom stereocenters. The van der Waals surface area contributed by atoms with Crippen LogP contribution < -0.4 is 14.8 Å². The normalized spacial score (nSPS) is 11.6. The highest BCUT2D eigenvalue weighted by molar-refractivity contribution is 5.73.